The van der Waals surface area contributed by atoms with Gasteiger partial charge in [-0.1, -0.05) is 12.1 Å². The van der Waals surface area contributed by atoms with Crippen LogP contribution in [0.2, 0.25) is 0 Å². The number of fused-ring (bicyclic) bond motifs is 2. The van der Waals surface area contributed by atoms with Gasteiger partial charge in [0.25, 0.3) is 0 Å². The van der Waals surface area contributed by atoms with E-state index in [1.807, 2.05) is 37.4 Å². The molecule has 0 amide bonds. The quantitative estimate of drug-likeness (QED) is 0.491. The number of ether oxygens (including phenoxy) is 1. The van der Waals surface area contributed by atoms with Crippen LogP contribution in [0, 0.1) is 0 Å². The standard InChI is InChI=1S/C25H23N3O4/c1-28-14-22(32-25-16(12-23(29)30)3-2-4-21(25)28)18-9-17-6-8-31-24(17)20(11-18)15-5-7-27-19(10-15)13-26/h2-11,22H,12-14,26H2,1H3,(H,29,30)/t22-/m1/s1. The second-order valence-corrected chi connectivity index (χ2v) is 7.97. The highest BCUT2D eigenvalue weighted by molar-refractivity contribution is 5.93. The molecule has 1 aliphatic heterocycles. The molecule has 0 saturated heterocycles. The van der Waals surface area contributed by atoms with Crippen LogP contribution in [-0.4, -0.2) is 29.7 Å². The number of hydrogen-bond acceptors (Lipinski definition) is 6. The molecule has 1 aliphatic rings. The van der Waals surface area contributed by atoms with Crippen LogP contribution in [0.25, 0.3) is 22.1 Å². The summed E-state index contributed by atoms with van der Waals surface area (Å²) >= 11 is 0. The van der Waals surface area contributed by atoms with E-state index < -0.39 is 5.97 Å². The molecule has 2 aromatic carbocycles. The van der Waals surface area contributed by atoms with Crippen molar-refractivity contribution in [2.24, 2.45) is 5.73 Å². The minimum Gasteiger partial charge on any atom is -0.481 e. The van der Waals surface area contributed by atoms with Gasteiger partial charge in [-0.05, 0) is 47.5 Å². The van der Waals surface area contributed by atoms with E-state index >= 15 is 0 Å². The van der Waals surface area contributed by atoms with Crippen molar-refractivity contribution in [3.63, 3.8) is 0 Å². The van der Waals surface area contributed by atoms with Gasteiger partial charge < -0.3 is 24.9 Å². The number of benzene rings is 2. The number of anilines is 1. The van der Waals surface area contributed by atoms with Crippen LogP contribution in [-0.2, 0) is 17.8 Å². The first-order chi connectivity index (χ1) is 15.5. The number of hydrogen-bond donors (Lipinski definition) is 2. The molecule has 3 heterocycles. The number of aliphatic carboxylic acids is 1. The van der Waals surface area contributed by atoms with Gasteiger partial charge in [0.05, 0.1) is 30.6 Å². The fourth-order valence-corrected chi connectivity index (χ4v) is 4.27. The fourth-order valence-electron chi connectivity index (χ4n) is 4.27. The molecule has 4 aromatic rings. The van der Waals surface area contributed by atoms with E-state index in [1.165, 1.54) is 0 Å². The van der Waals surface area contributed by atoms with Gasteiger partial charge >= 0.3 is 5.97 Å². The summed E-state index contributed by atoms with van der Waals surface area (Å²) in [7, 11) is 1.99. The summed E-state index contributed by atoms with van der Waals surface area (Å²) in [4.78, 5) is 17.8. The molecule has 2 aromatic heterocycles. The molecular formula is C25H23N3O4. The zero-order chi connectivity index (χ0) is 22.2. The number of carboxylic acids is 1. The molecule has 5 rings (SSSR count). The SMILES string of the molecule is CN1C[C@H](c2cc(-c3ccnc(CN)c3)c3occc3c2)Oc2c(CC(=O)O)cccc21. The van der Waals surface area contributed by atoms with Crippen LogP contribution < -0.4 is 15.4 Å². The Morgan fingerprint density at radius 3 is 2.94 bits per heavy atom. The number of para-hydroxylation sites is 1. The number of likely N-dealkylation sites (N-methyl/N-ethyl adjacent to an activating group) is 1. The Labute approximate surface area is 185 Å². The maximum absolute atomic E-state index is 11.4. The van der Waals surface area contributed by atoms with Gasteiger partial charge in [0.15, 0.2) is 0 Å². The highest BCUT2D eigenvalue weighted by Crippen LogP contribution is 2.42. The van der Waals surface area contributed by atoms with Gasteiger partial charge in [0, 0.05) is 36.3 Å². The molecule has 0 spiro atoms. The van der Waals surface area contributed by atoms with Crippen LogP contribution >= 0.6 is 0 Å². The summed E-state index contributed by atoms with van der Waals surface area (Å²) < 4.78 is 12.2. The van der Waals surface area contributed by atoms with E-state index in [0.29, 0.717) is 24.4 Å². The van der Waals surface area contributed by atoms with E-state index in [9.17, 15) is 9.90 Å². The van der Waals surface area contributed by atoms with Gasteiger partial charge in [0.1, 0.15) is 17.4 Å². The van der Waals surface area contributed by atoms with Crippen LogP contribution in [0.4, 0.5) is 5.69 Å². The molecule has 162 valence electrons. The average Bonchev–Trinajstić information content (AvgIpc) is 3.27. The van der Waals surface area contributed by atoms with E-state index in [2.05, 4.69) is 22.0 Å². The number of carbonyl (C=O) groups is 1. The summed E-state index contributed by atoms with van der Waals surface area (Å²) in [6.07, 6.45) is 3.07. The lowest BCUT2D eigenvalue weighted by Gasteiger charge is -2.35. The van der Waals surface area contributed by atoms with Crippen molar-refractivity contribution in [1.82, 2.24) is 4.98 Å². The second kappa shape index (κ2) is 8.01. The number of nitrogens with two attached hydrogens (primary N) is 1. The third-order valence-electron chi connectivity index (χ3n) is 5.81. The zero-order valence-corrected chi connectivity index (χ0v) is 17.6. The lowest BCUT2D eigenvalue weighted by molar-refractivity contribution is -0.136. The molecule has 0 unspecified atom stereocenters. The Kier molecular flexibility index (Phi) is 5.03. The van der Waals surface area contributed by atoms with Crippen molar-refractivity contribution in [2.75, 3.05) is 18.5 Å². The van der Waals surface area contributed by atoms with Crippen molar-refractivity contribution >= 4 is 22.6 Å². The van der Waals surface area contributed by atoms with Gasteiger partial charge in [-0.15, -0.1) is 0 Å². The molecule has 0 aliphatic carbocycles. The smallest absolute Gasteiger partial charge is 0.307 e. The van der Waals surface area contributed by atoms with Crippen LogP contribution in [0.15, 0.2) is 65.4 Å². The predicted molar refractivity (Wildman–Crippen MR) is 122 cm³/mol. The monoisotopic (exact) mass is 429 g/mol. The Bertz CT molecular complexity index is 1310. The number of rotatable bonds is 5. The molecule has 0 saturated carbocycles. The van der Waals surface area contributed by atoms with Gasteiger partial charge in [0.2, 0.25) is 0 Å². The first-order valence-corrected chi connectivity index (χ1v) is 10.4. The van der Waals surface area contributed by atoms with Crippen molar-refractivity contribution in [3.05, 3.63) is 77.8 Å². The van der Waals surface area contributed by atoms with Crippen molar-refractivity contribution in [1.29, 1.82) is 0 Å². The van der Waals surface area contributed by atoms with Gasteiger partial charge in [-0.25, -0.2) is 0 Å². The normalized spacial score (nSPS) is 15.4. The summed E-state index contributed by atoms with van der Waals surface area (Å²) in [5.41, 5.74) is 11.8. The van der Waals surface area contributed by atoms with Crippen molar-refractivity contribution in [2.45, 2.75) is 19.1 Å². The van der Waals surface area contributed by atoms with Crippen LogP contribution in [0.5, 0.6) is 5.75 Å². The second-order valence-electron chi connectivity index (χ2n) is 7.97. The van der Waals surface area contributed by atoms with E-state index in [0.717, 1.165) is 39.0 Å². The summed E-state index contributed by atoms with van der Waals surface area (Å²) in [6.45, 7) is 0.991. The molecular weight excluding hydrogens is 406 g/mol. The van der Waals surface area contributed by atoms with E-state index in [-0.39, 0.29) is 12.5 Å². The lowest BCUT2D eigenvalue weighted by Crippen LogP contribution is -2.32. The zero-order valence-electron chi connectivity index (χ0n) is 17.6. The van der Waals surface area contributed by atoms with Crippen LogP contribution in [0.1, 0.15) is 22.9 Å². The molecule has 7 nitrogen and oxygen atoms in total. The first kappa shape index (κ1) is 20.1. The summed E-state index contributed by atoms with van der Waals surface area (Å²) in [5, 5.41) is 10.3. The van der Waals surface area contributed by atoms with E-state index in [4.69, 9.17) is 14.9 Å². The largest absolute Gasteiger partial charge is 0.481 e. The maximum Gasteiger partial charge on any atom is 0.307 e. The molecule has 1 atom stereocenters. The Balaban J connectivity index is 1.60. The minimum atomic E-state index is -0.887. The average molecular weight is 429 g/mol. The maximum atomic E-state index is 11.4. The number of pyridine rings is 1. The Morgan fingerprint density at radius 1 is 1.25 bits per heavy atom. The molecule has 0 radical (unpaired) electrons. The molecule has 0 fully saturated rings. The Hall–Kier alpha value is -3.84. The van der Waals surface area contributed by atoms with Crippen molar-refractivity contribution in [3.8, 4) is 16.9 Å². The Morgan fingerprint density at radius 2 is 2.12 bits per heavy atom. The number of furan rings is 1. The number of nitrogens with zero attached hydrogens (tertiary/aromatic N) is 2. The molecule has 3 N–H and O–H groups in total. The van der Waals surface area contributed by atoms with Gasteiger partial charge in [-0.2, -0.15) is 0 Å². The molecule has 7 heteroatoms. The number of carboxylic acid groups (broad SMARTS) is 1. The molecule has 0 bridgehead atoms. The molecule has 32 heavy (non-hydrogen) atoms. The predicted octanol–water partition coefficient (Wildman–Crippen LogP) is 4.15. The van der Waals surface area contributed by atoms with Crippen LogP contribution in [0.3, 0.4) is 0 Å². The first-order valence-electron chi connectivity index (χ1n) is 10.4. The van der Waals surface area contributed by atoms with Crippen molar-refractivity contribution < 1.29 is 19.1 Å². The highest BCUT2D eigenvalue weighted by Gasteiger charge is 2.28. The lowest BCUT2D eigenvalue weighted by atomic mass is 9.96. The fraction of sp³-hybridized carbons (Fsp3) is 0.200. The van der Waals surface area contributed by atoms with E-state index in [1.54, 1.807) is 18.5 Å². The third-order valence-corrected chi connectivity index (χ3v) is 5.81. The highest BCUT2D eigenvalue weighted by atomic mass is 16.5. The minimum absolute atomic E-state index is 0.0887. The number of aromatic nitrogens is 1. The topological polar surface area (TPSA) is 102 Å². The third kappa shape index (κ3) is 3.56. The summed E-state index contributed by atoms with van der Waals surface area (Å²) in [5.74, 6) is -0.265. The van der Waals surface area contributed by atoms with Gasteiger partial charge in [-0.3, -0.25) is 9.78 Å². The summed E-state index contributed by atoms with van der Waals surface area (Å²) in [6, 6.07) is 15.6.